The zero-order valence-electron chi connectivity index (χ0n) is 21.1. The van der Waals surface area contributed by atoms with Crippen LogP contribution in [0.25, 0.3) is 11.4 Å². The van der Waals surface area contributed by atoms with Crippen molar-refractivity contribution in [3.05, 3.63) is 65.0 Å². The van der Waals surface area contributed by atoms with E-state index in [0.717, 1.165) is 60.9 Å². The maximum absolute atomic E-state index is 11.2. The van der Waals surface area contributed by atoms with Crippen molar-refractivity contribution in [1.82, 2.24) is 20.2 Å². The van der Waals surface area contributed by atoms with Gasteiger partial charge in [0, 0.05) is 56.0 Å². The number of fused-ring (bicyclic) bond motifs is 3. The minimum Gasteiger partial charge on any atom is -0.482 e. The van der Waals surface area contributed by atoms with Crippen molar-refractivity contribution in [2.24, 2.45) is 13.0 Å². The van der Waals surface area contributed by atoms with Crippen LogP contribution < -0.4 is 10.2 Å². The van der Waals surface area contributed by atoms with Crippen LogP contribution >= 0.6 is 0 Å². The quantitative estimate of drug-likeness (QED) is 0.559. The standard InChI is InChI=1S/C28H34N4O4/c1-28(2,33)27-22-24(32(3)31-27)23-25(20(9-12-29-23)19-15-30-35-16-19)36-26(22)21(17-7-5-4-6-8-17)18-10-13-34-14-11-18/h4-9,12,18-19,21,26,30,33H,10-11,13-16H2,1-3H3/t19?,21?,26-/m0/s1. The number of aliphatic hydroxyl groups is 1. The van der Waals surface area contributed by atoms with Gasteiger partial charge < -0.3 is 19.4 Å². The number of rotatable bonds is 5. The molecule has 190 valence electrons. The Labute approximate surface area is 211 Å². The van der Waals surface area contributed by atoms with Crippen LogP contribution in [0.5, 0.6) is 5.75 Å². The van der Waals surface area contributed by atoms with E-state index in [1.165, 1.54) is 5.56 Å². The van der Waals surface area contributed by atoms with E-state index in [1.54, 1.807) is 13.8 Å². The van der Waals surface area contributed by atoms with Gasteiger partial charge >= 0.3 is 0 Å². The molecule has 0 bridgehead atoms. The average molecular weight is 491 g/mol. The highest BCUT2D eigenvalue weighted by Crippen LogP contribution is 2.54. The summed E-state index contributed by atoms with van der Waals surface area (Å²) in [4.78, 5) is 10.3. The summed E-state index contributed by atoms with van der Waals surface area (Å²) in [5.74, 6) is 1.40. The molecule has 8 heteroatoms. The van der Waals surface area contributed by atoms with Gasteiger partial charge in [-0.2, -0.15) is 5.10 Å². The van der Waals surface area contributed by atoms with Gasteiger partial charge in [0.1, 0.15) is 23.1 Å². The minimum absolute atomic E-state index is 0.0679. The third kappa shape index (κ3) is 4.02. The van der Waals surface area contributed by atoms with Gasteiger partial charge in [0.2, 0.25) is 0 Å². The summed E-state index contributed by atoms with van der Waals surface area (Å²) in [7, 11) is 1.93. The van der Waals surface area contributed by atoms with E-state index in [-0.39, 0.29) is 17.9 Å². The summed E-state index contributed by atoms with van der Waals surface area (Å²) in [5.41, 5.74) is 7.45. The van der Waals surface area contributed by atoms with Gasteiger partial charge in [-0.05, 0) is 44.2 Å². The van der Waals surface area contributed by atoms with Crippen LogP contribution in [0.1, 0.15) is 67.0 Å². The molecule has 3 aliphatic rings. The molecule has 8 nitrogen and oxygen atoms in total. The Bertz CT molecular complexity index is 1220. The van der Waals surface area contributed by atoms with Gasteiger partial charge in [0.15, 0.2) is 5.75 Å². The van der Waals surface area contributed by atoms with Gasteiger partial charge in [-0.3, -0.25) is 9.67 Å². The molecule has 2 aromatic heterocycles. The minimum atomic E-state index is -1.14. The molecule has 2 unspecified atom stereocenters. The van der Waals surface area contributed by atoms with Crippen molar-refractivity contribution in [1.29, 1.82) is 0 Å². The monoisotopic (exact) mass is 490 g/mol. The van der Waals surface area contributed by atoms with Gasteiger partial charge in [0.05, 0.1) is 12.3 Å². The molecule has 6 rings (SSSR count). The van der Waals surface area contributed by atoms with Gasteiger partial charge in [0.25, 0.3) is 0 Å². The Kier molecular flexibility index (Phi) is 6.08. The first-order chi connectivity index (χ1) is 17.4. The Hall–Kier alpha value is -2.78. The van der Waals surface area contributed by atoms with Crippen LogP contribution in [0.3, 0.4) is 0 Å². The first-order valence-corrected chi connectivity index (χ1v) is 12.9. The number of aromatic nitrogens is 3. The SMILES string of the molecule is Cn1nc(C(C)(C)O)c2c1-c1nccc(C3CNOC3)c1O[C@H]2C(c1ccccc1)C1CCOCC1. The molecular formula is C28H34N4O4. The summed E-state index contributed by atoms with van der Waals surface area (Å²) in [6, 6.07) is 12.7. The van der Waals surface area contributed by atoms with Crippen molar-refractivity contribution in [3.63, 3.8) is 0 Å². The lowest BCUT2D eigenvalue weighted by Crippen LogP contribution is -2.33. The Morgan fingerprint density at radius 3 is 2.61 bits per heavy atom. The van der Waals surface area contributed by atoms with Gasteiger partial charge in [-0.15, -0.1) is 0 Å². The molecule has 0 saturated carbocycles. The fourth-order valence-corrected chi connectivity index (χ4v) is 6.08. The zero-order chi connectivity index (χ0) is 24.9. The van der Waals surface area contributed by atoms with E-state index in [1.807, 2.05) is 24.0 Å². The second kappa shape index (κ2) is 9.27. The maximum atomic E-state index is 11.2. The number of pyridine rings is 1. The van der Waals surface area contributed by atoms with Crippen LogP contribution in [-0.2, 0) is 22.2 Å². The molecule has 3 aliphatic heterocycles. The van der Waals surface area contributed by atoms with E-state index in [9.17, 15) is 5.11 Å². The van der Waals surface area contributed by atoms with Crippen LogP contribution in [-0.4, -0.2) is 46.2 Å². The molecule has 1 aromatic carbocycles. The third-order valence-electron chi connectivity index (χ3n) is 7.79. The maximum Gasteiger partial charge on any atom is 0.151 e. The van der Waals surface area contributed by atoms with Crippen LogP contribution in [0.2, 0.25) is 0 Å². The number of hydrogen-bond acceptors (Lipinski definition) is 7. The van der Waals surface area contributed by atoms with Gasteiger partial charge in [-0.25, -0.2) is 5.48 Å². The highest BCUT2D eigenvalue weighted by Gasteiger charge is 2.45. The topological polar surface area (TPSA) is 90.7 Å². The largest absolute Gasteiger partial charge is 0.482 e. The van der Waals surface area contributed by atoms with Crippen molar-refractivity contribution in [2.75, 3.05) is 26.4 Å². The van der Waals surface area contributed by atoms with Crippen molar-refractivity contribution >= 4 is 0 Å². The number of nitrogens with zero attached hydrogens (tertiary/aromatic N) is 3. The van der Waals surface area contributed by atoms with Crippen LogP contribution in [0, 0.1) is 5.92 Å². The number of hydroxylamine groups is 1. The molecule has 3 atom stereocenters. The van der Waals surface area contributed by atoms with E-state index in [4.69, 9.17) is 24.4 Å². The molecular weight excluding hydrogens is 456 g/mol. The van der Waals surface area contributed by atoms with Crippen molar-refractivity contribution in [2.45, 2.75) is 50.2 Å². The molecule has 0 amide bonds. The predicted molar refractivity (Wildman–Crippen MR) is 134 cm³/mol. The van der Waals surface area contributed by atoms with Gasteiger partial charge in [-0.1, -0.05) is 30.3 Å². The molecule has 3 aromatic rings. The van der Waals surface area contributed by atoms with Crippen molar-refractivity contribution in [3.8, 4) is 17.1 Å². The van der Waals surface area contributed by atoms with E-state index in [2.05, 4.69) is 35.8 Å². The fourth-order valence-electron chi connectivity index (χ4n) is 6.08. The number of aryl methyl sites for hydroxylation is 1. The lowest BCUT2D eigenvalue weighted by Gasteiger charge is -2.40. The molecule has 36 heavy (non-hydrogen) atoms. The molecule has 2 N–H and O–H groups in total. The summed E-state index contributed by atoms with van der Waals surface area (Å²) in [6.45, 7) is 6.37. The average Bonchev–Trinajstić information content (AvgIpc) is 3.54. The second-order valence-corrected chi connectivity index (χ2v) is 10.7. The number of hydrogen-bond donors (Lipinski definition) is 2. The summed E-state index contributed by atoms with van der Waals surface area (Å²) in [6.07, 6.45) is 3.43. The number of nitrogens with one attached hydrogen (secondary N) is 1. The normalized spacial score (nSPS) is 23.1. The second-order valence-electron chi connectivity index (χ2n) is 10.7. The first kappa shape index (κ1) is 23.6. The zero-order valence-corrected chi connectivity index (χ0v) is 21.1. The lowest BCUT2D eigenvalue weighted by atomic mass is 9.74. The molecule has 0 spiro atoms. The Balaban J connectivity index is 1.58. The molecule has 2 saturated heterocycles. The molecule has 5 heterocycles. The Morgan fingerprint density at radius 1 is 1.14 bits per heavy atom. The van der Waals surface area contributed by atoms with Crippen molar-refractivity contribution < 1.29 is 19.4 Å². The van der Waals surface area contributed by atoms with Crippen LogP contribution in [0.4, 0.5) is 0 Å². The summed E-state index contributed by atoms with van der Waals surface area (Å²) in [5, 5.41) is 16.1. The fraction of sp³-hybridized carbons (Fsp3) is 0.500. The molecule has 0 aliphatic carbocycles. The molecule has 0 radical (unpaired) electrons. The number of benzene rings is 1. The summed E-state index contributed by atoms with van der Waals surface area (Å²) >= 11 is 0. The first-order valence-electron chi connectivity index (χ1n) is 12.9. The predicted octanol–water partition coefficient (Wildman–Crippen LogP) is 3.97. The lowest BCUT2D eigenvalue weighted by molar-refractivity contribution is 0.0310. The highest BCUT2D eigenvalue weighted by molar-refractivity contribution is 5.73. The highest BCUT2D eigenvalue weighted by atomic mass is 16.7. The van der Waals surface area contributed by atoms with E-state index >= 15 is 0 Å². The third-order valence-corrected chi connectivity index (χ3v) is 7.79. The molecule has 2 fully saturated rings. The Morgan fingerprint density at radius 2 is 1.92 bits per heavy atom. The number of ether oxygens (including phenoxy) is 2. The smallest absolute Gasteiger partial charge is 0.151 e. The van der Waals surface area contributed by atoms with E-state index in [0.29, 0.717) is 18.2 Å². The van der Waals surface area contributed by atoms with Crippen LogP contribution in [0.15, 0.2) is 42.6 Å². The summed E-state index contributed by atoms with van der Waals surface area (Å²) < 4.78 is 14.7. The van der Waals surface area contributed by atoms with E-state index < -0.39 is 5.60 Å².